The van der Waals surface area contributed by atoms with Gasteiger partial charge in [-0.3, -0.25) is 4.79 Å². The van der Waals surface area contributed by atoms with Crippen molar-refractivity contribution in [3.05, 3.63) is 0 Å². The van der Waals surface area contributed by atoms with Crippen LogP contribution in [0.4, 0.5) is 0 Å². The largest absolute Gasteiger partial charge is 7.00 e. The van der Waals surface area contributed by atoms with E-state index in [9.17, 15) is 0 Å². The Morgan fingerprint density at radius 3 is 0.500 bits per heavy atom. The summed E-state index contributed by atoms with van der Waals surface area (Å²) in [5, 5.41) is 0. The van der Waals surface area contributed by atoms with Crippen LogP contribution >= 0.6 is 0 Å². The molecular formula is CCl7ORe. The van der Waals surface area contributed by atoms with Crippen molar-refractivity contribution in [2.45, 2.75) is 0 Å². The van der Waals surface area contributed by atoms with Crippen LogP contribution in [0.15, 0.2) is 0 Å². The van der Waals surface area contributed by atoms with Gasteiger partial charge >= 0.3 is 20.4 Å². The molecule has 0 atom stereocenters. The van der Waals surface area contributed by atoms with Gasteiger partial charge in [0.15, 0.2) is 0 Å². The summed E-state index contributed by atoms with van der Waals surface area (Å²) >= 11 is 0. The zero-order chi connectivity index (χ0) is 2.00. The van der Waals surface area contributed by atoms with Crippen LogP contribution in [0, 0.1) is 0 Å². The van der Waals surface area contributed by atoms with Crippen LogP contribution in [-0.2, 0) is 25.2 Å². The molecule has 0 aromatic rings. The van der Waals surface area contributed by atoms with Crippen molar-refractivity contribution in [1.82, 2.24) is 0 Å². The first kappa shape index (κ1) is 141. The number of hydrogen-bond donors (Lipinski definition) is 0. The Morgan fingerprint density at radius 2 is 0.500 bits per heavy atom. The third kappa shape index (κ3) is 163. The van der Waals surface area contributed by atoms with E-state index in [-0.39, 0.29) is 107 Å². The molecule has 0 amide bonds. The maximum Gasteiger partial charge on any atom is 7.00 e. The Bertz CT molecular complexity index is 13.6. The molecule has 0 aliphatic carbocycles. The van der Waals surface area contributed by atoms with Crippen molar-refractivity contribution in [2.24, 2.45) is 0 Å². The van der Waals surface area contributed by atoms with Crippen LogP contribution < -0.4 is 86.8 Å². The molecule has 0 saturated carbocycles. The molecular weight excluding hydrogens is 462 g/mol. The van der Waals surface area contributed by atoms with Crippen LogP contribution in [0.25, 0.3) is 0 Å². The van der Waals surface area contributed by atoms with Gasteiger partial charge in [0.2, 0.25) is 0 Å². The third-order valence-electron chi connectivity index (χ3n) is 0. The summed E-state index contributed by atoms with van der Waals surface area (Å²) in [7, 11) is 0. The molecule has 0 aromatic heterocycles. The Balaban J connectivity index is -0.000000000179. The van der Waals surface area contributed by atoms with Gasteiger partial charge in [-0.15, -0.1) is 0 Å². The monoisotopic (exact) mass is 460 g/mol. The molecule has 0 aromatic carbocycles. The quantitative estimate of drug-likeness (QED) is 0.350. The van der Waals surface area contributed by atoms with Crippen molar-refractivity contribution in [2.75, 3.05) is 0 Å². The fraction of sp³-hybridized carbons (Fsp3) is 0. The van der Waals surface area contributed by atoms with E-state index in [1.165, 1.54) is 0 Å². The zero-order valence-electron chi connectivity index (χ0n) is 3.93. The Morgan fingerprint density at radius 1 is 0.500 bits per heavy atom. The average Bonchev–Trinajstić information content (AvgIpc) is 1.00. The second-order valence-electron chi connectivity index (χ2n) is 0. The predicted molar refractivity (Wildman–Crippen MR) is 5.69 cm³/mol. The van der Waals surface area contributed by atoms with Crippen LogP contribution in [0.3, 0.4) is 0 Å². The summed E-state index contributed by atoms with van der Waals surface area (Å²) in [6.07, 6.45) is 0. The van der Waals surface area contributed by atoms with Crippen molar-refractivity contribution >= 4 is 6.79 Å². The van der Waals surface area contributed by atoms with Gasteiger partial charge in [0.1, 0.15) is 0 Å². The minimum atomic E-state index is 0. The van der Waals surface area contributed by atoms with Gasteiger partial charge in [0, 0.05) is 0 Å². The summed E-state index contributed by atoms with van der Waals surface area (Å²) in [5.41, 5.74) is 0. The summed E-state index contributed by atoms with van der Waals surface area (Å²) in [4.78, 5) is 7.50. The molecule has 0 aliphatic rings. The fourth-order valence-electron chi connectivity index (χ4n) is 0. The molecule has 0 rings (SSSR count). The topological polar surface area (TPSA) is 17.1 Å². The first-order valence-corrected chi connectivity index (χ1v) is 0.204. The molecule has 1 nitrogen and oxygen atoms in total. The van der Waals surface area contributed by atoms with Gasteiger partial charge in [0.25, 0.3) is 6.79 Å². The Kier molecular flexibility index (Phi) is 3090. The predicted octanol–water partition coefficient (Wildman–Crippen LogP) is -21.4. The summed E-state index contributed by atoms with van der Waals surface area (Å²) in [6, 6.07) is 0. The van der Waals surface area contributed by atoms with Crippen LogP contribution in [-0.4, -0.2) is 6.79 Å². The molecule has 0 aliphatic heterocycles. The molecule has 0 heterocycles. The zero-order valence-corrected chi connectivity index (χ0v) is 11.9. The van der Waals surface area contributed by atoms with Gasteiger partial charge in [-0.25, -0.2) is 0 Å². The minimum Gasteiger partial charge on any atom is -1.00 e. The van der Waals surface area contributed by atoms with Crippen molar-refractivity contribution in [3.63, 3.8) is 0 Å². The molecule has 0 unspecified atom stereocenters. The normalized spacial score (nSPS) is 0.400. The van der Waals surface area contributed by atoms with E-state index < -0.39 is 0 Å². The van der Waals surface area contributed by atoms with E-state index in [2.05, 4.69) is 6.79 Å². The van der Waals surface area contributed by atoms with Crippen molar-refractivity contribution < 1.29 is 112 Å². The van der Waals surface area contributed by atoms with E-state index in [1.54, 1.807) is 0 Å². The number of halogens is 7. The smallest absolute Gasteiger partial charge is 1.00 e. The van der Waals surface area contributed by atoms with Gasteiger partial charge in [-0.1, -0.05) is 0 Å². The first-order valence-electron chi connectivity index (χ1n) is 0.204. The van der Waals surface area contributed by atoms with Gasteiger partial charge in [-0.05, 0) is 0 Å². The number of hydrogen-bond acceptors (Lipinski definition) is 1. The van der Waals surface area contributed by atoms with E-state index in [0.29, 0.717) is 0 Å². The Hall–Kier alpha value is 2.36. The van der Waals surface area contributed by atoms with E-state index >= 15 is 0 Å². The summed E-state index contributed by atoms with van der Waals surface area (Å²) in [6.45, 7) is 4.50. The molecule has 10 heavy (non-hydrogen) atoms. The molecule has 0 N–H and O–H groups in total. The van der Waals surface area contributed by atoms with Gasteiger partial charge in [0.05, 0.1) is 0 Å². The molecule has 2 radical (unpaired) electrons. The first-order chi connectivity index (χ1) is 1.00. The molecule has 0 fully saturated rings. The fourth-order valence-corrected chi connectivity index (χ4v) is 0. The van der Waals surface area contributed by atoms with Crippen LogP contribution in [0.1, 0.15) is 0 Å². The Labute approximate surface area is 118 Å². The van der Waals surface area contributed by atoms with Crippen LogP contribution in [0.2, 0.25) is 0 Å². The summed E-state index contributed by atoms with van der Waals surface area (Å²) in [5.74, 6) is 0. The average molecular weight is 462 g/mol. The second-order valence-corrected chi connectivity index (χ2v) is 0. The van der Waals surface area contributed by atoms with Crippen LogP contribution in [0.5, 0.6) is 0 Å². The van der Waals surface area contributed by atoms with E-state index in [0.717, 1.165) is 0 Å². The molecule has 9 heteroatoms. The molecule has 66 valence electrons. The SMILES string of the molecule is [C]=O.[Cl-].[Cl-].[Cl-].[Cl-].[Cl-].[Cl-].[Cl-].[Re+7]. The second kappa shape index (κ2) is 219. The van der Waals surface area contributed by atoms with Crippen molar-refractivity contribution in [3.8, 4) is 0 Å². The molecule has 0 bridgehead atoms. The molecule has 0 spiro atoms. The standard InChI is InChI=1S/CO.7ClH.Re/c1-2;;;;;;;;/h;7*1H;/q;;;;;;;;+7/p-7. The van der Waals surface area contributed by atoms with E-state index in [1.807, 2.05) is 0 Å². The maximum atomic E-state index is 7.50. The minimum absolute atomic E-state index is 0. The molecule has 0 saturated heterocycles. The van der Waals surface area contributed by atoms with Gasteiger partial charge < -0.3 is 86.8 Å². The van der Waals surface area contributed by atoms with Gasteiger partial charge in [-0.2, -0.15) is 0 Å². The maximum absolute atomic E-state index is 7.50. The number of rotatable bonds is 0. The number of carbonyl (C=O) groups excluding carboxylic acids is 1. The van der Waals surface area contributed by atoms with E-state index in [4.69, 9.17) is 4.79 Å². The van der Waals surface area contributed by atoms with Crippen molar-refractivity contribution in [1.29, 1.82) is 0 Å². The summed E-state index contributed by atoms with van der Waals surface area (Å²) < 4.78 is 0. The third-order valence-corrected chi connectivity index (χ3v) is 0.